The lowest BCUT2D eigenvalue weighted by Gasteiger charge is -2.47. The molecule has 3 aliphatic rings. The van der Waals surface area contributed by atoms with Crippen molar-refractivity contribution in [3.8, 4) is 0 Å². The standard InChI is InChI=1S/C25H30N4O9S/c1-15(27-9-11-36-12-10-27)21(24(32)37-13-18-5-7-19(8-6-18)29(34)35)28-22(31)20(26-16(2)30)23(28)39-25(33)38-14-17-3-4-17/h5-8,17,20,23H,3-4,9-14H2,1-2H3,(H,26,30). The van der Waals surface area contributed by atoms with Gasteiger partial charge in [0.1, 0.15) is 23.7 Å². The number of nitrogens with zero attached hydrogens (tertiary/aromatic N) is 3. The van der Waals surface area contributed by atoms with Crippen molar-refractivity contribution in [3.05, 3.63) is 51.3 Å². The summed E-state index contributed by atoms with van der Waals surface area (Å²) in [7, 11) is 0. The molecule has 1 aromatic carbocycles. The van der Waals surface area contributed by atoms with Gasteiger partial charge in [-0.2, -0.15) is 0 Å². The van der Waals surface area contributed by atoms with Crippen LogP contribution in [0.15, 0.2) is 35.7 Å². The number of hydrogen-bond acceptors (Lipinski definition) is 11. The molecule has 39 heavy (non-hydrogen) atoms. The molecule has 1 aliphatic carbocycles. The number of thioether (sulfide) groups is 1. The van der Waals surface area contributed by atoms with Crippen LogP contribution in [-0.4, -0.2) is 82.1 Å². The Kier molecular flexibility index (Phi) is 9.07. The first kappa shape index (κ1) is 28.4. The van der Waals surface area contributed by atoms with Crippen molar-refractivity contribution < 1.29 is 38.3 Å². The van der Waals surface area contributed by atoms with Crippen molar-refractivity contribution >= 4 is 40.5 Å². The molecule has 2 unspecified atom stereocenters. The highest BCUT2D eigenvalue weighted by Gasteiger charge is 2.54. The van der Waals surface area contributed by atoms with E-state index in [0.717, 1.165) is 24.6 Å². The highest BCUT2D eigenvalue weighted by molar-refractivity contribution is 8.13. The van der Waals surface area contributed by atoms with E-state index in [1.54, 1.807) is 6.92 Å². The van der Waals surface area contributed by atoms with Crippen molar-refractivity contribution in [1.29, 1.82) is 0 Å². The van der Waals surface area contributed by atoms with Crippen LogP contribution in [0, 0.1) is 16.0 Å². The van der Waals surface area contributed by atoms with E-state index in [2.05, 4.69) is 5.32 Å². The molecule has 3 fully saturated rings. The van der Waals surface area contributed by atoms with Gasteiger partial charge in [-0.1, -0.05) is 0 Å². The zero-order valence-corrected chi connectivity index (χ0v) is 22.4. The van der Waals surface area contributed by atoms with Crippen molar-refractivity contribution in [3.63, 3.8) is 0 Å². The average Bonchev–Trinajstić information content (AvgIpc) is 3.76. The first-order valence-electron chi connectivity index (χ1n) is 12.5. The Bertz CT molecular complexity index is 1160. The lowest BCUT2D eigenvalue weighted by atomic mass is 10.0. The Hall–Kier alpha value is -3.65. The van der Waals surface area contributed by atoms with Gasteiger partial charge in [-0.05, 0) is 55.1 Å². The average molecular weight is 563 g/mol. The predicted octanol–water partition coefficient (Wildman–Crippen LogP) is 2.15. The minimum atomic E-state index is -1.03. The number of morpholine rings is 1. The summed E-state index contributed by atoms with van der Waals surface area (Å²) < 4.78 is 16.3. The lowest BCUT2D eigenvalue weighted by Crippen LogP contribution is -2.69. The Morgan fingerprint density at radius 2 is 1.79 bits per heavy atom. The van der Waals surface area contributed by atoms with E-state index in [4.69, 9.17) is 14.2 Å². The van der Waals surface area contributed by atoms with E-state index in [1.165, 1.54) is 36.1 Å². The van der Waals surface area contributed by atoms with Gasteiger partial charge in [-0.15, -0.1) is 0 Å². The van der Waals surface area contributed by atoms with Gasteiger partial charge in [0.15, 0.2) is 0 Å². The third-order valence-corrected chi connectivity index (χ3v) is 7.57. The fourth-order valence-corrected chi connectivity index (χ4v) is 5.15. The van der Waals surface area contributed by atoms with Crippen LogP contribution in [0.1, 0.15) is 32.3 Å². The lowest BCUT2D eigenvalue weighted by molar-refractivity contribution is -0.384. The molecular formula is C25H30N4O9S. The number of hydrogen-bond donors (Lipinski definition) is 1. The topological polar surface area (TPSA) is 158 Å². The van der Waals surface area contributed by atoms with E-state index in [9.17, 15) is 29.3 Å². The molecule has 2 atom stereocenters. The maximum atomic E-state index is 13.5. The first-order valence-corrected chi connectivity index (χ1v) is 13.4. The second-order valence-corrected chi connectivity index (χ2v) is 10.5. The summed E-state index contributed by atoms with van der Waals surface area (Å²) in [6, 6.07) is 4.52. The van der Waals surface area contributed by atoms with E-state index in [-0.39, 0.29) is 24.6 Å². The van der Waals surface area contributed by atoms with Crippen molar-refractivity contribution in [1.82, 2.24) is 15.1 Å². The molecule has 2 amide bonds. The van der Waals surface area contributed by atoms with Gasteiger partial charge in [0.2, 0.25) is 5.91 Å². The summed E-state index contributed by atoms with van der Waals surface area (Å²) in [5.41, 5.74) is 0.812. The highest BCUT2D eigenvalue weighted by atomic mass is 32.2. The number of nitro groups is 1. The van der Waals surface area contributed by atoms with Crippen LogP contribution < -0.4 is 5.32 Å². The summed E-state index contributed by atoms with van der Waals surface area (Å²) in [6.07, 6.45) is 1.99. The molecule has 0 bridgehead atoms. The van der Waals surface area contributed by atoms with Gasteiger partial charge in [0, 0.05) is 37.8 Å². The summed E-state index contributed by atoms with van der Waals surface area (Å²) in [5.74, 6) is -1.49. The second kappa shape index (κ2) is 12.5. The molecule has 2 heterocycles. The molecule has 14 heteroatoms. The van der Waals surface area contributed by atoms with Crippen LogP contribution in [0.2, 0.25) is 0 Å². The summed E-state index contributed by atoms with van der Waals surface area (Å²) in [6.45, 7) is 4.83. The van der Waals surface area contributed by atoms with Crippen LogP contribution in [0.4, 0.5) is 10.5 Å². The minimum Gasteiger partial charge on any atom is -0.457 e. The maximum absolute atomic E-state index is 13.5. The zero-order valence-electron chi connectivity index (χ0n) is 21.6. The predicted molar refractivity (Wildman–Crippen MR) is 138 cm³/mol. The molecule has 2 saturated heterocycles. The molecule has 2 aliphatic heterocycles. The van der Waals surface area contributed by atoms with Crippen molar-refractivity contribution in [2.75, 3.05) is 32.9 Å². The number of allylic oxidation sites excluding steroid dienone is 1. The monoisotopic (exact) mass is 562 g/mol. The number of carbonyl (C=O) groups excluding carboxylic acids is 4. The Morgan fingerprint density at radius 3 is 2.38 bits per heavy atom. The van der Waals surface area contributed by atoms with Crippen molar-refractivity contribution in [2.24, 2.45) is 5.92 Å². The first-order chi connectivity index (χ1) is 18.7. The van der Waals surface area contributed by atoms with Gasteiger partial charge in [-0.3, -0.25) is 24.6 Å². The molecule has 13 nitrogen and oxygen atoms in total. The van der Waals surface area contributed by atoms with Crippen LogP contribution in [0.25, 0.3) is 0 Å². The highest BCUT2D eigenvalue weighted by Crippen LogP contribution is 2.38. The minimum absolute atomic E-state index is 0.0575. The summed E-state index contributed by atoms with van der Waals surface area (Å²) >= 11 is 0.727. The molecular weight excluding hydrogens is 532 g/mol. The van der Waals surface area contributed by atoms with E-state index in [1.807, 2.05) is 4.90 Å². The largest absolute Gasteiger partial charge is 0.457 e. The molecule has 210 valence electrons. The fraction of sp³-hybridized carbons (Fsp3) is 0.520. The molecule has 0 spiro atoms. The van der Waals surface area contributed by atoms with Gasteiger partial charge in [0.05, 0.1) is 24.7 Å². The van der Waals surface area contributed by atoms with E-state index < -0.39 is 39.4 Å². The number of carbonyl (C=O) groups is 4. The number of amides is 2. The third kappa shape index (κ3) is 7.06. The summed E-state index contributed by atoms with van der Waals surface area (Å²) in [4.78, 5) is 64.6. The number of nitro benzene ring substituents is 1. The number of β-lactam (4-membered cyclic amide) rings is 1. The number of rotatable bonds is 10. The number of non-ortho nitro benzene ring substituents is 1. The number of benzene rings is 1. The van der Waals surface area contributed by atoms with Gasteiger partial charge < -0.3 is 24.4 Å². The SMILES string of the molecule is CC(=O)NC1C(=O)N(C(C(=O)OCc2ccc([N+](=O)[O-])cc2)=C(C)N2CCOCC2)C1SC(=O)OCC1CC1. The van der Waals surface area contributed by atoms with Crippen LogP contribution in [-0.2, 0) is 35.2 Å². The number of likely N-dealkylation sites (tertiary alicyclic amines) is 1. The quantitative estimate of drug-likeness (QED) is 0.146. The zero-order chi connectivity index (χ0) is 28.1. The number of nitrogens with one attached hydrogen (secondary N) is 1. The maximum Gasteiger partial charge on any atom is 0.369 e. The third-order valence-electron chi connectivity index (χ3n) is 6.53. The van der Waals surface area contributed by atoms with E-state index in [0.29, 0.717) is 43.5 Å². The molecule has 1 saturated carbocycles. The van der Waals surface area contributed by atoms with Crippen LogP contribution >= 0.6 is 11.8 Å². The Labute approximate surface area is 228 Å². The van der Waals surface area contributed by atoms with E-state index >= 15 is 0 Å². The smallest absolute Gasteiger partial charge is 0.369 e. The molecule has 1 aromatic rings. The number of esters is 1. The second-order valence-electron chi connectivity index (χ2n) is 9.43. The van der Waals surface area contributed by atoms with Gasteiger partial charge in [0.25, 0.3) is 11.6 Å². The van der Waals surface area contributed by atoms with Crippen LogP contribution in [0.3, 0.4) is 0 Å². The molecule has 0 radical (unpaired) electrons. The van der Waals surface area contributed by atoms with Gasteiger partial charge in [-0.25, -0.2) is 9.59 Å². The Balaban J connectivity index is 1.57. The van der Waals surface area contributed by atoms with Crippen LogP contribution in [0.5, 0.6) is 0 Å². The summed E-state index contributed by atoms with van der Waals surface area (Å²) in [5, 5.41) is 11.9. The van der Waals surface area contributed by atoms with Gasteiger partial charge >= 0.3 is 11.3 Å². The molecule has 4 rings (SSSR count). The number of ether oxygens (including phenoxy) is 3. The van der Waals surface area contributed by atoms with Crippen molar-refractivity contribution in [2.45, 2.75) is 44.7 Å². The Morgan fingerprint density at radius 1 is 1.13 bits per heavy atom. The fourth-order valence-electron chi connectivity index (χ4n) is 4.18. The molecule has 1 N–H and O–H groups in total. The normalized spacial score (nSPS) is 21.4. The molecule has 0 aromatic heterocycles.